The lowest BCUT2D eigenvalue weighted by Gasteiger charge is -2.22. The summed E-state index contributed by atoms with van der Waals surface area (Å²) in [5, 5.41) is 0. The fraction of sp³-hybridized carbons (Fsp3) is 0.474. The first-order valence-corrected chi connectivity index (χ1v) is 8.96. The van der Waals surface area contributed by atoms with Gasteiger partial charge in [-0.05, 0) is 25.5 Å². The third-order valence-corrected chi connectivity index (χ3v) is 4.20. The van der Waals surface area contributed by atoms with Crippen molar-refractivity contribution in [3.8, 4) is 11.6 Å². The van der Waals surface area contributed by atoms with Gasteiger partial charge in [-0.3, -0.25) is 4.90 Å². The van der Waals surface area contributed by atoms with Gasteiger partial charge in [0.2, 0.25) is 11.8 Å². The second-order valence-electron chi connectivity index (χ2n) is 5.97. The number of aromatic nitrogens is 2. The van der Waals surface area contributed by atoms with Crippen LogP contribution in [0.15, 0.2) is 42.6 Å². The Kier molecular flexibility index (Phi) is 6.45. The van der Waals surface area contributed by atoms with Crippen molar-refractivity contribution in [3.05, 3.63) is 42.6 Å². The molecule has 1 aromatic heterocycles. The molecule has 1 fully saturated rings. The van der Waals surface area contributed by atoms with Crippen LogP contribution in [-0.4, -0.2) is 60.8 Å². The molecule has 0 spiro atoms. The number of rotatable bonds is 7. The SMILES string of the molecule is CCOc1ccnc(N2CCCN(CCOc3ccccc3)CC2)n1. The molecule has 1 aliphatic rings. The Bertz CT molecular complexity index is 638. The van der Waals surface area contributed by atoms with Crippen LogP contribution in [0.2, 0.25) is 0 Å². The summed E-state index contributed by atoms with van der Waals surface area (Å²) < 4.78 is 11.3. The summed E-state index contributed by atoms with van der Waals surface area (Å²) >= 11 is 0. The molecule has 0 saturated carbocycles. The van der Waals surface area contributed by atoms with E-state index in [1.807, 2.05) is 37.3 Å². The second-order valence-corrected chi connectivity index (χ2v) is 5.97. The molecular weight excluding hydrogens is 316 g/mol. The van der Waals surface area contributed by atoms with Crippen molar-refractivity contribution >= 4 is 5.95 Å². The summed E-state index contributed by atoms with van der Waals surface area (Å²) in [7, 11) is 0. The molecule has 3 rings (SSSR count). The van der Waals surface area contributed by atoms with E-state index in [2.05, 4.69) is 19.8 Å². The first kappa shape index (κ1) is 17.5. The standard InChI is InChI=1S/C19H26N4O2/c1-2-24-18-9-10-20-19(21-18)23-12-6-11-22(13-14-23)15-16-25-17-7-4-3-5-8-17/h3-5,7-10H,2,6,11-16H2,1H3. The monoisotopic (exact) mass is 342 g/mol. The summed E-state index contributed by atoms with van der Waals surface area (Å²) in [5.74, 6) is 2.33. The molecular formula is C19H26N4O2. The normalized spacial score (nSPS) is 15.6. The number of ether oxygens (including phenoxy) is 2. The van der Waals surface area contributed by atoms with Crippen molar-refractivity contribution in [1.29, 1.82) is 0 Å². The maximum Gasteiger partial charge on any atom is 0.228 e. The Morgan fingerprint density at radius 1 is 1.00 bits per heavy atom. The molecule has 2 heterocycles. The molecule has 134 valence electrons. The smallest absolute Gasteiger partial charge is 0.228 e. The van der Waals surface area contributed by atoms with E-state index in [9.17, 15) is 0 Å². The Morgan fingerprint density at radius 2 is 1.88 bits per heavy atom. The average molecular weight is 342 g/mol. The molecule has 2 aromatic rings. The van der Waals surface area contributed by atoms with Crippen LogP contribution in [-0.2, 0) is 0 Å². The minimum atomic E-state index is 0.617. The van der Waals surface area contributed by atoms with E-state index in [4.69, 9.17) is 9.47 Å². The van der Waals surface area contributed by atoms with Crippen LogP contribution >= 0.6 is 0 Å². The van der Waals surface area contributed by atoms with Gasteiger partial charge >= 0.3 is 0 Å². The number of anilines is 1. The molecule has 0 unspecified atom stereocenters. The van der Waals surface area contributed by atoms with Gasteiger partial charge in [0.15, 0.2) is 0 Å². The van der Waals surface area contributed by atoms with Crippen LogP contribution in [0, 0.1) is 0 Å². The zero-order valence-corrected chi connectivity index (χ0v) is 14.8. The van der Waals surface area contributed by atoms with Crippen molar-refractivity contribution in [2.24, 2.45) is 0 Å². The van der Waals surface area contributed by atoms with Crippen LogP contribution < -0.4 is 14.4 Å². The fourth-order valence-corrected chi connectivity index (χ4v) is 2.92. The van der Waals surface area contributed by atoms with E-state index in [0.29, 0.717) is 19.1 Å². The molecule has 0 aliphatic carbocycles. The lowest BCUT2D eigenvalue weighted by Crippen LogP contribution is -2.33. The zero-order valence-electron chi connectivity index (χ0n) is 14.8. The highest BCUT2D eigenvalue weighted by molar-refractivity contribution is 5.32. The summed E-state index contributed by atoms with van der Waals surface area (Å²) in [6, 6.07) is 11.8. The Balaban J connectivity index is 1.48. The lowest BCUT2D eigenvalue weighted by atomic mass is 10.3. The fourth-order valence-electron chi connectivity index (χ4n) is 2.92. The number of hydrogen-bond acceptors (Lipinski definition) is 6. The average Bonchev–Trinajstić information content (AvgIpc) is 2.89. The van der Waals surface area contributed by atoms with Gasteiger partial charge in [0.1, 0.15) is 12.4 Å². The number of benzene rings is 1. The minimum Gasteiger partial charge on any atom is -0.492 e. The Hall–Kier alpha value is -2.34. The predicted molar refractivity (Wildman–Crippen MR) is 98.4 cm³/mol. The van der Waals surface area contributed by atoms with Crippen LogP contribution in [0.3, 0.4) is 0 Å². The molecule has 25 heavy (non-hydrogen) atoms. The van der Waals surface area contributed by atoms with Crippen molar-refractivity contribution < 1.29 is 9.47 Å². The van der Waals surface area contributed by atoms with Gasteiger partial charge < -0.3 is 14.4 Å². The maximum atomic E-state index is 5.81. The van der Waals surface area contributed by atoms with Crippen LogP contribution in [0.25, 0.3) is 0 Å². The van der Waals surface area contributed by atoms with E-state index < -0.39 is 0 Å². The molecule has 0 radical (unpaired) electrons. The molecule has 0 N–H and O–H groups in total. The lowest BCUT2D eigenvalue weighted by molar-refractivity contribution is 0.218. The summed E-state index contributed by atoms with van der Waals surface area (Å²) in [6.45, 7) is 8.16. The van der Waals surface area contributed by atoms with Crippen LogP contribution in [0.5, 0.6) is 11.6 Å². The highest BCUT2D eigenvalue weighted by atomic mass is 16.5. The summed E-state index contributed by atoms with van der Waals surface area (Å²) in [4.78, 5) is 13.6. The van der Waals surface area contributed by atoms with Gasteiger partial charge in [-0.2, -0.15) is 4.98 Å². The van der Waals surface area contributed by atoms with Crippen molar-refractivity contribution in [2.45, 2.75) is 13.3 Å². The van der Waals surface area contributed by atoms with E-state index in [1.54, 1.807) is 12.3 Å². The maximum absolute atomic E-state index is 5.81. The molecule has 1 aromatic carbocycles. The van der Waals surface area contributed by atoms with Gasteiger partial charge in [-0.25, -0.2) is 4.98 Å². The van der Waals surface area contributed by atoms with E-state index in [1.165, 1.54) is 0 Å². The third kappa shape index (κ3) is 5.32. The second kappa shape index (κ2) is 9.22. The summed E-state index contributed by atoms with van der Waals surface area (Å²) in [5.41, 5.74) is 0. The first-order valence-electron chi connectivity index (χ1n) is 8.96. The molecule has 0 bridgehead atoms. The molecule has 1 aliphatic heterocycles. The summed E-state index contributed by atoms with van der Waals surface area (Å²) in [6.07, 6.45) is 2.86. The van der Waals surface area contributed by atoms with Crippen LogP contribution in [0.4, 0.5) is 5.95 Å². The van der Waals surface area contributed by atoms with E-state index >= 15 is 0 Å². The molecule has 6 nitrogen and oxygen atoms in total. The van der Waals surface area contributed by atoms with Crippen LogP contribution in [0.1, 0.15) is 13.3 Å². The van der Waals surface area contributed by atoms with E-state index in [0.717, 1.165) is 50.8 Å². The number of nitrogens with zero attached hydrogens (tertiary/aromatic N) is 4. The Morgan fingerprint density at radius 3 is 2.72 bits per heavy atom. The number of hydrogen-bond donors (Lipinski definition) is 0. The molecule has 1 saturated heterocycles. The zero-order chi connectivity index (χ0) is 17.3. The molecule has 6 heteroatoms. The van der Waals surface area contributed by atoms with Gasteiger partial charge in [0.05, 0.1) is 6.61 Å². The molecule has 0 atom stereocenters. The third-order valence-electron chi connectivity index (χ3n) is 4.20. The highest BCUT2D eigenvalue weighted by Gasteiger charge is 2.17. The largest absolute Gasteiger partial charge is 0.492 e. The Labute approximate surface area is 149 Å². The first-order chi connectivity index (χ1) is 12.3. The van der Waals surface area contributed by atoms with Crippen molar-refractivity contribution in [1.82, 2.24) is 14.9 Å². The minimum absolute atomic E-state index is 0.617. The number of para-hydroxylation sites is 1. The molecule has 0 amide bonds. The topological polar surface area (TPSA) is 50.7 Å². The van der Waals surface area contributed by atoms with E-state index in [-0.39, 0.29) is 0 Å². The highest BCUT2D eigenvalue weighted by Crippen LogP contribution is 2.15. The van der Waals surface area contributed by atoms with Crippen molar-refractivity contribution in [2.75, 3.05) is 50.8 Å². The quantitative estimate of drug-likeness (QED) is 0.770. The van der Waals surface area contributed by atoms with Gasteiger partial charge in [-0.15, -0.1) is 0 Å². The van der Waals surface area contributed by atoms with Gasteiger partial charge in [0.25, 0.3) is 0 Å². The van der Waals surface area contributed by atoms with Gasteiger partial charge in [0, 0.05) is 45.0 Å². The van der Waals surface area contributed by atoms with Gasteiger partial charge in [-0.1, -0.05) is 18.2 Å². The van der Waals surface area contributed by atoms with Crippen molar-refractivity contribution in [3.63, 3.8) is 0 Å². The predicted octanol–water partition coefficient (Wildman–Crippen LogP) is 2.47.